The predicted octanol–water partition coefficient (Wildman–Crippen LogP) is 1.62. The third-order valence-corrected chi connectivity index (χ3v) is 5.12. The number of anilines is 1. The fourth-order valence-electron chi connectivity index (χ4n) is 2.42. The van der Waals surface area contributed by atoms with Crippen LogP contribution < -0.4 is 5.32 Å². The maximum absolute atomic E-state index is 12.3. The minimum absolute atomic E-state index is 0.0608. The Morgan fingerprint density at radius 1 is 1.17 bits per heavy atom. The van der Waals surface area contributed by atoms with Gasteiger partial charge in [0.15, 0.2) is 10.8 Å². The fourth-order valence-corrected chi connectivity index (χ4v) is 3.58. The number of ketones is 1. The van der Waals surface area contributed by atoms with Crippen molar-refractivity contribution < 1.29 is 18.0 Å². The molecule has 2 aromatic rings. The van der Waals surface area contributed by atoms with Gasteiger partial charge in [-0.2, -0.15) is 0 Å². The van der Waals surface area contributed by atoms with Gasteiger partial charge in [-0.3, -0.25) is 9.59 Å². The highest BCUT2D eigenvalue weighted by Crippen LogP contribution is 2.24. The van der Waals surface area contributed by atoms with Gasteiger partial charge in [-0.25, -0.2) is 13.4 Å². The number of sulfone groups is 1. The van der Waals surface area contributed by atoms with Crippen molar-refractivity contribution in [3.05, 3.63) is 53.7 Å². The van der Waals surface area contributed by atoms with E-state index in [9.17, 15) is 18.0 Å². The Morgan fingerprint density at radius 3 is 2.74 bits per heavy atom. The topological polar surface area (TPSA) is 93.2 Å². The first-order chi connectivity index (χ1) is 11.0. The Morgan fingerprint density at radius 2 is 2.00 bits per heavy atom. The molecule has 0 aliphatic carbocycles. The number of carbonyl (C=O) groups excluding carboxylic acids is 2. The molecule has 6 nitrogen and oxygen atoms in total. The van der Waals surface area contributed by atoms with Gasteiger partial charge in [0, 0.05) is 23.9 Å². The number of nitrogens with one attached hydrogen (secondary N) is 1. The second kappa shape index (κ2) is 5.92. The predicted molar refractivity (Wildman–Crippen MR) is 84.0 cm³/mol. The molecule has 1 N–H and O–H groups in total. The maximum atomic E-state index is 12.3. The molecule has 1 aliphatic heterocycles. The second-order valence-electron chi connectivity index (χ2n) is 5.27. The molecule has 7 heteroatoms. The van der Waals surface area contributed by atoms with Crippen LogP contribution in [0.1, 0.15) is 22.3 Å². The SMILES string of the molecule is O=C1CCc2cc(C(=O)CS(=O)(=O)c3ccccn3)ccc2N1. The van der Waals surface area contributed by atoms with Gasteiger partial charge < -0.3 is 5.32 Å². The van der Waals surface area contributed by atoms with Crippen molar-refractivity contribution in [1.82, 2.24) is 4.98 Å². The Hall–Kier alpha value is -2.54. The van der Waals surface area contributed by atoms with Crippen molar-refractivity contribution in [3.8, 4) is 0 Å². The molecule has 1 amide bonds. The Labute approximate surface area is 133 Å². The van der Waals surface area contributed by atoms with Crippen LogP contribution in [0.25, 0.3) is 0 Å². The van der Waals surface area contributed by atoms with Gasteiger partial charge in [0.2, 0.25) is 15.7 Å². The van der Waals surface area contributed by atoms with Crippen LogP contribution in [0.2, 0.25) is 0 Å². The lowest BCUT2D eigenvalue weighted by molar-refractivity contribution is -0.116. The molecule has 1 aliphatic rings. The molecule has 23 heavy (non-hydrogen) atoms. The second-order valence-corrected chi connectivity index (χ2v) is 7.21. The van der Waals surface area contributed by atoms with Crippen LogP contribution in [0.4, 0.5) is 5.69 Å². The quantitative estimate of drug-likeness (QED) is 0.860. The summed E-state index contributed by atoms with van der Waals surface area (Å²) in [6.07, 6.45) is 2.27. The number of hydrogen-bond donors (Lipinski definition) is 1. The molecule has 0 fully saturated rings. The number of rotatable bonds is 4. The summed E-state index contributed by atoms with van der Waals surface area (Å²) in [5, 5.41) is 2.61. The lowest BCUT2D eigenvalue weighted by atomic mass is 9.99. The van der Waals surface area contributed by atoms with Crippen molar-refractivity contribution >= 4 is 27.2 Å². The number of nitrogens with zero attached hydrogens (tertiary/aromatic N) is 1. The largest absolute Gasteiger partial charge is 0.326 e. The lowest BCUT2D eigenvalue weighted by Crippen LogP contribution is -2.21. The Balaban J connectivity index is 1.83. The van der Waals surface area contributed by atoms with Crippen LogP contribution >= 0.6 is 0 Å². The van der Waals surface area contributed by atoms with Crippen molar-refractivity contribution in [3.63, 3.8) is 0 Å². The van der Waals surface area contributed by atoms with Gasteiger partial charge in [0.1, 0.15) is 5.75 Å². The summed E-state index contributed by atoms with van der Waals surface area (Å²) >= 11 is 0. The number of fused-ring (bicyclic) bond motifs is 1. The van der Waals surface area contributed by atoms with Gasteiger partial charge >= 0.3 is 0 Å². The third kappa shape index (κ3) is 3.29. The number of amides is 1. The zero-order chi connectivity index (χ0) is 16.4. The van der Waals surface area contributed by atoms with Crippen molar-refractivity contribution in [2.24, 2.45) is 0 Å². The molecule has 1 aromatic heterocycles. The van der Waals surface area contributed by atoms with E-state index in [2.05, 4.69) is 10.3 Å². The highest BCUT2D eigenvalue weighted by molar-refractivity contribution is 7.92. The molecule has 1 aromatic carbocycles. The van der Waals surface area contributed by atoms with Crippen LogP contribution in [-0.2, 0) is 21.1 Å². The zero-order valence-electron chi connectivity index (χ0n) is 12.2. The van der Waals surface area contributed by atoms with Crippen LogP contribution in [0.3, 0.4) is 0 Å². The Kier molecular flexibility index (Phi) is 3.96. The summed E-state index contributed by atoms with van der Waals surface area (Å²) in [5.41, 5.74) is 1.83. The molecule has 2 heterocycles. The van der Waals surface area contributed by atoms with Gasteiger partial charge in [-0.1, -0.05) is 6.07 Å². The molecular formula is C16H14N2O4S. The number of hydrogen-bond acceptors (Lipinski definition) is 5. The molecule has 0 unspecified atom stereocenters. The number of aryl methyl sites for hydroxylation is 1. The number of aromatic nitrogens is 1. The van der Waals surface area contributed by atoms with E-state index >= 15 is 0 Å². The molecule has 0 saturated carbocycles. The first-order valence-electron chi connectivity index (χ1n) is 7.05. The first kappa shape index (κ1) is 15.4. The van der Waals surface area contributed by atoms with E-state index in [-0.39, 0.29) is 10.9 Å². The molecule has 0 saturated heterocycles. The van der Waals surface area contributed by atoms with E-state index < -0.39 is 21.4 Å². The molecule has 0 bridgehead atoms. The average molecular weight is 330 g/mol. The van der Waals surface area contributed by atoms with E-state index in [1.807, 2.05) is 0 Å². The number of Topliss-reactive ketones (excluding diaryl/α,β-unsaturated/α-hetero) is 1. The molecule has 0 radical (unpaired) electrons. The highest BCUT2D eigenvalue weighted by atomic mass is 32.2. The van der Waals surface area contributed by atoms with Crippen LogP contribution in [-0.4, -0.2) is 30.8 Å². The van der Waals surface area contributed by atoms with Gasteiger partial charge in [-0.05, 0) is 42.3 Å². The van der Waals surface area contributed by atoms with Crippen LogP contribution in [0.5, 0.6) is 0 Å². The van der Waals surface area contributed by atoms with Gasteiger partial charge in [-0.15, -0.1) is 0 Å². The van der Waals surface area contributed by atoms with E-state index in [0.717, 1.165) is 5.56 Å². The van der Waals surface area contributed by atoms with Gasteiger partial charge in [0.05, 0.1) is 0 Å². The minimum Gasteiger partial charge on any atom is -0.326 e. The van der Waals surface area contributed by atoms with Crippen LogP contribution in [0, 0.1) is 0 Å². The first-order valence-corrected chi connectivity index (χ1v) is 8.71. The summed E-state index contributed by atoms with van der Waals surface area (Å²) in [4.78, 5) is 27.4. The monoisotopic (exact) mass is 330 g/mol. The van der Waals surface area contributed by atoms with E-state index in [4.69, 9.17) is 0 Å². The molecular weight excluding hydrogens is 316 g/mol. The Bertz CT molecular complexity index is 876. The number of benzene rings is 1. The van der Waals surface area contributed by atoms with Crippen molar-refractivity contribution in [1.29, 1.82) is 0 Å². The van der Waals surface area contributed by atoms with Crippen LogP contribution in [0.15, 0.2) is 47.6 Å². The summed E-state index contributed by atoms with van der Waals surface area (Å²) in [6.45, 7) is 0. The van der Waals surface area contributed by atoms with E-state index in [1.54, 1.807) is 24.3 Å². The maximum Gasteiger partial charge on any atom is 0.224 e. The van der Waals surface area contributed by atoms with Crippen molar-refractivity contribution in [2.45, 2.75) is 17.9 Å². The van der Waals surface area contributed by atoms with Gasteiger partial charge in [0.25, 0.3) is 0 Å². The molecule has 0 atom stereocenters. The third-order valence-electron chi connectivity index (χ3n) is 3.60. The van der Waals surface area contributed by atoms with E-state index in [1.165, 1.54) is 18.3 Å². The smallest absolute Gasteiger partial charge is 0.224 e. The standard InChI is InChI=1S/C16H14N2O4S/c19-14(10-23(21,22)16-3-1-2-8-17-16)12-4-6-13-11(9-12)5-7-15(20)18-13/h1-4,6,8-9H,5,7,10H2,(H,18,20). The van der Waals surface area contributed by atoms with Crippen molar-refractivity contribution in [2.75, 3.05) is 11.1 Å². The summed E-state index contributed by atoms with van der Waals surface area (Å²) in [7, 11) is -3.77. The molecule has 118 valence electrons. The fraction of sp³-hybridized carbons (Fsp3) is 0.188. The normalized spacial score (nSPS) is 14.0. The molecule has 0 spiro atoms. The minimum atomic E-state index is -3.77. The molecule has 3 rings (SSSR count). The summed E-state index contributed by atoms with van der Waals surface area (Å²) in [6, 6.07) is 9.34. The summed E-state index contributed by atoms with van der Waals surface area (Å²) < 4.78 is 24.4. The number of carbonyl (C=O) groups is 2. The number of pyridine rings is 1. The van der Waals surface area contributed by atoms with E-state index in [0.29, 0.717) is 24.1 Å². The average Bonchev–Trinajstić information content (AvgIpc) is 2.54. The highest BCUT2D eigenvalue weighted by Gasteiger charge is 2.23. The lowest BCUT2D eigenvalue weighted by Gasteiger charge is -2.17. The summed E-state index contributed by atoms with van der Waals surface area (Å²) in [5.74, 6) is -1.18. The zero-order valence-corrected chi connectivity index (χ0v) is 13.0.